The fourth-order valence-corrected chi connectivity index (χ4v) is 1.70. The van der Waals surface area contributed by atoms with Crippen LogP contribution in [-0.4, -0.2) is 29.9 Å². The molecule has 2 N–H and O–H groups in total. The minimum absolute atomic E-state index is 0.0163. The number of rotatable bonds is 3. The first-order valence-corrected chi connectivity index (χ1v) is 5.89. The van der Waals surface area contributed by atoms with Gasteiger partial charge in [-0.1, -0.05) is 0 Å². The first-order chi connectivity index (χ1) is 10.1. The number of anilines is 1. The lowest BCUT2D eigenvalue weighted by atomic mass is 10.2. The van der Waals surface area contributed by atoms with Gasteiger partial charge in [0.05, 0.1) is 4.92 Å². The van der Waals surface area contributed by atoms with Gasteiger partial charge in [-0.25, -0.2) is 9.67 Å². The summed E-state index contributed by atoms with van der Waals surface area (Å²) < 4.78 is 1.45. The monoisotopic (exact) mass is 283 g/mol. The number of nitrogen functional groups attached to an aromatic ring is 1. The van der Waals surface area contributed by atoms with Crippen LogP contribution in [0.2, 0.25) is 0 Å². The maximum Gasteiger partial charge on any atom is 0.269 e. The number of benzene rings is 1. The van der Waals surface area contributed by atoms with Crippen LogP contribution in [0.1, 0.15) is 0 Å². The van der Waals surface area contributed by atoms with Gasteiger partial charge in [0.25, 0.3) is 5.69 Å². The van der Waals surface area contributed by atoms with Gasteiger partial charge in [-0.3, -0.25) is 10.1 Å². The third-order valence-electron chi connectivity index (χ3n) is 2.73. The number of nitrogens with two attached hydrogens (primary N) is 1. The number of nitro groups is 1. The van der Waals surface area contributed by atoms with Gasteiger partial charge in [-0.05, 0) is 24.3 Å². The molecule has 0 saturated carbocycles. The molecule has 0 amide bonds. The topological polar surface area (TPSA) is 126 Å². The molecule has 21 heavy (non-hydrogen) atoms. The van der Waals surface area contributed by atoms with Crippen molar-refractivity contribution in [1.82, 2.24) is 25.0 Å². The summed E-state index contributed by atoms with van der Waals surface area (Å²) in [5, 5.41) is 22.5. The van der Waals surface area contributed by atoms with Gasteiger partial charge < -0.3 is 5.73 Å². The van der Waals surface area contributed by atoms with E-state index in [1.54, 1.807) is 24.3 Å². The molecule has 0 atom stereocenters. The summed E-state index contributed by atoms with van der Waals surface area (Å²) >= 11 is 0. The zero-order valence-corrected chi connectivity index (χ0v) is 10.6. The van der Waals surface area contributed by atoms with Crippen molar-refractivity contribution in [1.29, 1.82) is 0 Å². The van der Waals surface area contributed by atoms with Crippen LogP contribution in [0, 0.1) is 10.1 Å². The molecule has 0 aliphatic heterocycles. The predicted octanol–water partition coefficient (Wildman–Crippen LogP) is 1.21. The lowest BCUT2D eigenvalue weighted by Gasteiger charge is -1.98. The SMILES string of the molecule is Nc1ccc(-n2cnc(-c3ccc([N+](=O)[O-])cc3)n2)nn1. The summed E-state index contributed by atoms with van der Waals surface area (Å²) in [6.07, 6.45) is 1.48. The maximum absolute atomic E-state index is 10.6. The second kappa shape index (κ2) is 4.96. The van der Waals surface area contributed by atoms with Crippen LogP contribution in [0.5, 0.6) is 0 Å². The molecule has 0 fully saturated rings. The van der Waals surface area contributed by atoms with Gasteiger partial charge >= 0.3 is 0 Å². The van der Waals surface area contributed by atoms with Crippen LogP contribution in [0.4, 0.5) is 11.5 Å². The summed E-state index contributed by atoms with van der Waals surface area (Å²) in [5.41, 5.74) is 6.15. The normalized spacial score (nSPS) is 10.5. The van der Waals surface area contributed by atoms with E-state index >= 15 is 0 Å². The van der Waals surface area contributed by atoms with Crippen LogP contribution in [0.3, 0.4) is 0 Å². The Kier molecular flexibility index (Phi) is 2.99. The highest BCUT2D eigenvalue weighted by atomic mass is 16.6. The Labute approximate surface area is 118 Å². The first-order valence-electron chi connectivity index (χ1n) is 5.89. The van der Waals surface area contributed by atoms with Crippen molar-refractivity contribution in [2.45, 2.75) is 0 Å². The van der Waals surface area contributed by atoms with Gasteiger partial charge in [0.2, 0.25) is 0 Å². The second-order valence-corrected chi connectivity index (χ2v) is 4.13. The molecule has 2 heterocycles. The van der Waals surface area contributed by atoms with Gasteiger partial charge in [0.1, 0.15) is 12.1 Å². The number of nitrogens with zero attached hydrogens (tertiary/aromatic N) is 6. The molecule has 0 aliphatic carbocycles. The molecule has 2 aromatic heterocycles. The Balaban J connectivity index is 1.90. The van der Waals surface area contributed by atoms with E-state index < -0.39 is 4.92 Å². The summed E-state index contributed by atoms with van der Waals surface area (Å²) in [4.78, 5) is 14.3. The lowest BCUT2D eigenvalue weighted by molar-refractivity contribution is -0.384. The van der Waals surface area contributed by atoms with E-state index in [9.17, 15) is 10.1 Å². The van der Waals surface area contributed by atoms with Crippen LogP contribution >= 0.6 is 0 Å². The average Bonchev–Trinajstić information content (AvgIpc) is 2.98. The van der Waals surface area contributed by atoms with Crippen LogP contribution in [-0.2, 0) is 0 Å². The third-order valence-corrected chi connectivity index (χ3v) is 2.73. The number of non-ortho nitro benzene ring substituents is 1. The highest BCUT2D eigenvalue weighted by molar-refractivity contribution is 5.56. The zero-order chi connectivity index (χ0) is 14.8. The van der Waals surface area contributed by atoms with E-state index in [0.717, 1.165) is 0 Å². The highest BCUT2D eigenvalue weighted by Gasteiger charge is 2.09. The fraction of sp³-hybridized carbons (Fsp3) is 0. The van der Waals surface area contributed by atoms with Crippen LogP contribution in [0.25, 0.3) is 17.2 Å². The Morgan fingerprint density at radius 3 is 2.48 bits per heavy atom. The summed E-state index contributed by atoms with van der Waals surface area (Å²) in [6.45, 7) is 0. The van der Waals surface area contributed by atoms with E-state index in [1.807, 2.05) is 0 Å². The van der Waals surface area contributed by atoms with Crippen molar-refractivity contribution >= 4 is 11.5 Å². The van der Waals surface area contributed by atoms with E-state index in [-0.39, 0.29) is 5.69 Å². The van der Waals surface area contributed by atoms with E-state index in [0.29, 0.717) is 23.0 Å². The molecule has 3 rings (SSSR count). The molecule has 0 spiro atoms. The molecule has 0 saturated heterocycles. The average molecular weight is 283 g/mol. The van der Waals surface area contributed by atoms with Gasteiger partial charge in [0.15, 0.2) is 11.6 Å². The van der Waals surface area contributed by atoms with Crippen molar-refractivity contribution in [2.24, 2.45) is 0 Å². The molecule has 0 unspecified atom stereocenters. The lowest BCUT2D eigenvalue weighted by Crippen LogP contribution is -2.01. The van der Waals surface area contributed by atoms with Crippen molar-refractivity contribution in [2.75, 3.05) is 5.73 Å². The molecule has 104 valence electrons. The molecule has 9 heteroatoms. The molecular weight excluding hydrogens is 274 g/mol. The van der Waals surface area contributed by atoms with Gasteiger partial charge in [-0.15, -0.1) is 15.3 Å². The summed E-state index contributed by atoms with van der Waals surface area (Å²) in [5.74, 6) is 1.22. The molecule has 3 aromatic rings. The van der Waals surface area contributed by atoms with Crippen molar-refractivity contribution in [3.8, 4) is 17.2 Å². The van der Waals surface area contributed by atoms with Crippen molar-refractivity contribution in [3.05, 3.63) is 52.8 Å². The molecule has 0 bridgehead atoms. The largest absolute Gasteiger partial charge is 0.382 e. The van der Waals surface area contributed by atoms with Crippen molar-refractivity contribution in [3.63, 3.8) is 0 Å². The maximum atomic E-state index is 10.6. The first kappa shape index (κ1) is 12.7. The number of aromatic nitrogens is 5. The Bertz CT molecular complexity index is 780. The second-order valence-electron chi connectivity index (χ2n) is 4.13. The molecule has 1 aromatic carbocycles. The number of nitro benzene ring substituents is 1. The molecule has 0 radical (unpaired) electrons. The molecule has 9 nitrogen and oxygen atoms in total. The van der Waals surface area contributed by atoms with Crippen LogP contribution < -0.4 is 5.73 Å². The molecular formula is C12H9N7O2. The summed E-state index contributed by atoms with van der Waals surface area (Å²) in [6, 6.07) is 9.25. The van der Waals surface area contributed by atoms with E-state index in [1.165, 1.54) is 23.1 Å². The standard InChI is InChI=1S/C12H9N7O2/c13-10-5-6-11(16-15-10)18-7-14-12(17-18)8-1-3-9(4-2-8)19(20)21/h1-7H,(H2,13,15). The Morgan fingerprint density at radius 2 is 1.86 bits per heavy atom. The highest BCUT2D eigenvalue weighted by Crippen LogP contribution is 2.19. The van der Waals surface area contributed by atoms with Gasteiger partial charge in [0, 0.05) is 17.7 Å². The third kappa shape index (κ3) is 2.52. The minimum atomic E-state index is -0.459. The zero-order valence-electron chi connectivity index (χ0n) is 10.6. The molecule has 0 aliphatic rings. The number of hydrogen-bond donors (Lipinski definition) is 1. The van der Waals surface area contributed by atoms with E-state index in [4.69, 9.17) is 5.73 Å². The smallest absolute Gasteiger partial charge is 0.269 e. The Morgan fingerprint density at radius 1 is 1.10 bits per heavy atom. The predicted molar refractivity (Wildman–Crippen MR) is 73.5 cm³/mol. The van der Waals surface area contributed by atoms with Crippen LogP contribution in [0.15, 0.2) is 42.7 Å². The minimum Gasteiger partial charge on any atom is -0.382 e. The Hall–Kier alpha value is -3.36. The van der Waals surface area contributed by atoms with Crippen molar-refractivity contribution < 1.29 is 4.92 Å². The summed E-state index contributed by atoms with van der Waals surface area (Å²) in [7, 11) is 0. The van der Waals surface area contributed by atoms with Gasteiger partial charge in [-0.2, -0.15) is 0 Å². The quantitative estimate of drug-likeness (QED) is 0.565. The fourth-order valence-electron chi connectivity index (χ4n) is 1.70. The van der Waals surface area contributed by atoms with E-state index in [2.05, 4.69) is 20.3 Å². The number of hydrogen-bond acceptors (Lipinski definition) is 7.